The average Bonchev–Trinajstić information content (AvgIpc) is 1.72. The smallest absolute Gasteiger partial charge is 0.183 e. The minimum atomic E-state index is -0.671. The molecule has 0 aromatic heterocycles. The molecule has 0 aliphatic carbocycles. The molecule has 7 heavy (non-hydrogen) atoms. The van der Waals surface area contributed by atoms with Gasteiger partial charge in [-0.25, -0.2) is 0 Å². The highest BCUT2D eigenvalue weighted by Gasteiger charge is 1.97. The van der Waals surface area contributed by atoms with E-state index in [9.17, 15) is 0 Å². The maximum atomic E-state index is 3.23. The van der Waals surface area contributed by atoms with Crippen molar-refractivity contribution in [2.75, 3.05) is 14.1 Å². The number of hydrogen-bond donors (Lipinski definition) is 2. The Kier molecular flexibility index (Phi) is 4.38. The van der Waals surface area contributed by atoms with Gasteiger partial charge in [0.05, 0.1) is 0 Å². The molecule has 0 saturated carbocycles. The van der Waals surface area contributed by atoms with Crippen molar-refractivity contribution in [1.82, 2.24) is 9.96 Å². The molecule has 0 aromatic carbocycles. The van der Waals surface area contributed by atoms with E-state index >= 15 is 0 Å². The van der Waals surface area contributed by atoms with Gasteiger partial charge in [-0.2, -0.15) is 0 Å². The van der Waals surface area contributed by atoms with Crippen LogP contribution in [-0.4, -0.2) is 23.2 Å². The summed E-state index contributed by atoms with van der Waals surface area (Å²) in [7, 11) is 3.35. The largest absolute Gasteiger partial charge is 0.331 e. The third kappa shape index (κ3) is 2.79. The van der Waals surface area contributed by atoms with Crippen LogP contribution in [0.5, 0.6) is 0 Å². The van der Waals surface area contributed by atoms with Crippen LogP contribution in [0.25, 0.3) is 0 Å². The van der Waals surface area contributed by atoms with Crippen LogP contribution in [0.15, 0.2) is 0 Å². The molecule has 0 bridgehead atoms. The predicted octanol–water partition coefficient (Wildman–Crippen LogP) is -0.334. The van der Waals surface area contributed by atoms with E-state index in [0.29, 0.717) is 0 Å². The fraction of sp³-hybridized carbons (Fsp3) is 1.00. The average molecular weight is 118 g/mol. The summed E-state index contributed by atoms with van der Waals surface area (Å²) >= 11 is 0. The SMILES string of the molecule is CC[SiH](NC)NC. The molecule has 0 rings (SSSR count). The zero-order chi connectivity index (χ0) is 5.70. The Morgan fingerprint density at radius 2 is 1.71 bits per heavy atom. The van der Waals surface area contributed by atoms with E-state index in [2.05, 4.69) is 16.9 Å². The zero-order valence-electron chi connectivity index (χ0n) is 5.28. The number of hydrogen-bond acceptors (Lipinski definition) is 2. The standard InChI is InChI=1S/C4H14N2Si/c1-4-7(5-2)6-3/h5-7H,4H2,1-3H3. The molecular formula is C4H14N2Si. The van der Waals surface area contributed by atoms with Crippen molar-refractivity contribution in [1.29, 1.82) is 0 Å². The molecule has 0 amide bonds. The number of rotatable bonds is 3. The van der Waals surface area contributed by atoms with E-state index in [1.165, 1.54) is 6.04 Å². The Labute approximate surface area is 47.1 Å². The summed E-state index contributed by atoms with van der Waals surface area (Å²) < 4.78 is 0. The van der Waals surface area contributed by atoms with Gasteiger partial charge in [0.15, 0.2) is 9.12 Å². The van der Waals surface area contributed by atoms with Crippen LogP contribution in [0.4, 0.5) is 0 Å². The first kappa shape index (κ1) is 7.14. The molecule has 0 aliphatic heterocycles. The minimum absolute atomic E-state index is 0.671. The molecule has 44 valence electrons. The van der Waals surface area contributed by atoms with Crippen molar-refractivity contribution in [3.63, 3.8) is 0 Å². The lowest BCUT2D eigenvalue weighted by Gasteiger charge is -2.07. The maximum absolute atomic E-state index is 3.23. The van der Waals surface area contributed by atoms with Crippen LogP contribution in [0.2, 0.25) is 6.04 Å². The Morgan fingerprint density at radius 3 is 1.71 bits per heavy atom. The van der Waals surface area contributed by atoms with Gasteiger partial charge in [0.25, 0.3) is 0 Å². The summed E-state index contributed by atoms with van der Waals surface area (Å²) in [6, 6.07) is 1.27. The second kappa shape index (κ2) is 4.30. The fourth-order valence-corrected chi connectivity index (χ4v) is 1.66. The summed E-state index contributed by atoms with van der Waals surface area (Å²) in [6.45, 7) is 2.20. The molecule has 3 heteroatoms. The lowest BCUT2D eigenvalue weighted by molar-refractivity contribution is 1.04. The lowest BCUT2D eigenvalue weighted by Crippen LogP contribution is -2.42. The molecule has 0 aliphatic rings. The van der Waals surface area contributed by atoms with E-state index < -0.39 is 9.12 Å². The summed E-state index contributed by atoms with van der Waals surface area (Å²) in [6.07, 6.45) is 0. The summed E-state index contributed by atoms with van der Waals surface area (Å²) in [4.78, 5) is 6.46. The van der Waals surface area contributed by atoms with Crippen LogP contribution in [0.3, 0.4) is 0 Å². The third-order valence-electron chi connectivity index (χ3n) is 1.11. The molecule has 2 N–H and O–H groups in total. The van der Waals surface area contributed by atoms with Crippen molar-refractivity contribution >= 4 is 9.12 Å². The quantitative estimate of drug-likeness (QED) is 0.496. The topological polar surface area (TPSA) is 24.1 Å². The van der Waals surface area contributed by atoms with Crippen LogP contribution < -0.4 is 9.96 Å². The van der Waals surface area contributed by atoms with Gasteiger partial charge in [0, 0.05) is 0 Å². The first-order valence-electron chi connectivity index (χ1n) is 2.69. The van der Waals surface area contributed by atoms with Gasteiger partial charge in [-0.05, 0) is 20.1 Å². The van der Waals surface area contributed by atoms with Gasteiger partial charge >= 0.3 is 0 Å². The summed E-state index contributed by atoms with van der Waals surface area (Å²) in [5.41, 5.74) is 0. The summed E-state index contributed by atoms with van der Waals surface area (Å²) in [5, 5.41) is 0. The van der Waals surface area contributed by atoms with Crippen molar-refractivity contribution in [2.45, 2.75) is 13.0 Å². The second-order valence-electron chi connectivity index (χ2n) is 1.54. The molecule has 0 fully saturated rings. The van der Waals surface area contributed by atoms with E-state index in [1.807, 2.05) is 14.1 Å². The Hall–Kier alpha value is 0.137. The highest BCUT2D eigenvalue weighted by Crippen LogP contribution is 1.75. The Bertz CT molecular complexity index is 31.2. The Balaban J connectivity index is 2.99. The molecule has 0 radical (unpaired) electrons. The first-order chi connectivity index (χ1) is 3.35. The van der Waals surface area contributed by atoms with E-state index in [0.717, 1.165) is 0 Å². The lowest BCUT2D eigenvalue weighted by atomic mass is 11.0. The van der Waals surface area contributed by atoms with Crippen LogP contribution in [0, 0.1) is 0 Å². The summed E-state index contributed by atoms with van der Waals surface area (Å²) in [5.74, 6) is 0. The van der Waals surface area contributed by atoms with Crippen LogP contribution in [0.1, 0.15) is 6.92 Å². The van der Waals surface area contributed by atoms with Gasteiger partial charge < -0.3 is 9.96 Å². The highest BCUT2D eigenvalue weighted by atomic mass is 28.3. The highest BCUT2D eigenvalue weighted by molar-refractivity contribution is 6.52. The van der Waals surface area contributed by atoms with Crippen molar-refractivity contribution < 1.29 is 0 Å². The van der Waals surface area contributed by atoms with E-state index in [1.54, 1.807) is 0 Å². The molecule has 0 aromatic rings. The first-order valence-corrected chi connectivity index (χ1v) is 4.66. The molecule has 0 atom stereocenters. The van der Waals surface area contributed by atoms with E-state index in [4.69, 9.17) is 0 Å². The molecule has 0 spiro atoms. The van der Waals surface area contributed by atoms with E-state index in [-0.39, 0.29) is 0 Å². The third-order valence-corrected chi connectivity index (χ3v) is 3.32. The Morgan fingerprint density at radius 1 is 1.29 bits per heavy atom. The monoisotopic (exact) mass is 118 g/mol. The van der Waals surface area contributed by atoms with Gasteiger partial charge in [-0.1, -0.05) is 6.92 Å². The van der Waals surface area contributed by atoms with Crippen molar-refractivity contribution in [3.8, 4) is 0 Å². The molecule has 0 heterocycles. The molecule has 0 unspecified atom stereocenters. The molecular weight excluding hydrogens is 104 g/mol. The predicted molar refractivity (Wildman–Crippen MR) is 35.7 cm³/mol. The van der Waals surface area contributed by atoms with Crippen LogP contribution in [-0.2, 0) is 0 Å². The minimum Gasteiger partial charge on any atom is -0.331 e. The van der Waals surface area contributed by atoms with Gasteiger partial charge in [-0.15, -0.1) is 0 Å². The molecule has 0 saturated heterocycles. The maximum Gasteiger partial charge on any atom is 0.183 e. The van der Waals surface area contributed by atoms with Crippen LogP contribution >= 0.6 is 0 Å². The van der Waals surface area contributed by atoms with Gasteiger partial charge in [0.2, 0.25) is 0 Å². The normalized spacial score (nSPS) is 10.3. The second-order valence-corrected chi connectivity index (χ2v) is 4.61. The zero-order valence-corrected chi connectivity index (χ0v) is 6.44. The molecule has 2 nitrogen and oxygen atoms in total. The van der Waals surface area contributed by atoms with Crippen molar-refractivity contribution in [2.24, 2.45) is 0 Å². The fourth-order valence-electron chi connectivity index (χ4n) is 0.553. The number of nitrogens with one attached hydrogen (secondary N) is 2. The van der Waals surface area contributed by atoms with Gasteiger partial charge in [0.1, 0.15) is 0 Å². The van der Waals surface area contributed by atoms with Crippen molar-refractivity contribution in [3.05, 3.63) is 0 Å². The van der Waals surface area contributed by atoms with Gasteiger partial charge in [-0.3, -0.25) is 0 Å².